The minimum Gasteiger partial charge on any atom is -0.381 e. The Morgan fingerprint density at radius 3 is 2.71 bits per heavy atom. The molecule has 0 aromatic heterocycles. The van der Waals surface area contributed by atoms with Gasteiger partial charge in [-0.1, -0.05) is 12.1 Å². The van der Waals surface area contributed by atoms with Crippen LogP contribution in [-0.4, -0.2) is 50.2 Å². The minimum absolute atomic E-state index is 0.0847. The zero-order chi connectivity index (χ0) is 25.2. The molecule has 2 atom stereocenters. The number of ether oxygens (including phenoxy) is 1. The fraction of sp³-hybridized carbons (Fsp3) is 0.462. The smallest absolute Gasteiger partial charge is 0.381 e. The number of fused-ring (bicyclic) bond motifs is 1. The monoisotopic (exact) mass is 489 g/mol. The summed E-state index contributed by atoms with van der Waals surface area (Å²) in [5.74, 6) is -0.368. The maximum atomic E-state index is 13.6. The predicted octanol–water partition coefficient (Wildman–Crippen LogP) is 4.65. The van der Waals surface area contributed by atoms with Gasteiger partial charge in [-0.3, -0.25) is 4.79 Å². The van der Waals surface area contributed by atoms with Gasteiger partial charge in [0.1, 0.15) is 5.82 Å². The van der Waals surface area contributed by atoms with Crippen LogP contribution in [0.3, 0.4) is 0 Å². The number of piperidine rings is 1. The summed E-state index contributed by atoms with van der Waals surface area (Å²) < 4.78 is 59.9. The average molecular weight is 490 g/mol. The molecule has 2 aromatic rings. The predicted molar refractivity (Wildman–Crippen MR) is 122 cm³/mol. The van der Waals surface area contributed by atoms with Crippen molar-refractivity contribution in [2.24, 2.45) is 11.3 Å². The number of halogens is 4. The Hall–Kier alpha value is -3.12. The highest BCUT2D eigenvalue weighted by atomic mass is 19.4. The quantitative estimate of drug-likeness (QED) is 0.555. The molecule has 2 saturated heterocycles. The van der Waals surface area contributed by atoms with Crippen molar-refractivity contribution < 1.29 is 27.1 Å². The van der Waals surface area contributed by atoms with Crippen LogP contribution in [0.4, 0.5) is 23.2 Å². The second-order valence-corrected chi connectivity index (χ2v) is 9.33. The van der Waals surface area contributed by atoms with Gasteiger partial charge >= 0.3 is 6.18 Å². The molecule has 1 amide bonds. The zero-order valence-electron chi connectivity index (χ0n) is 19.4. The van der Waals surface area contributed by atoms with Gasteiger partial charge in [-0.2, -0.15) is 18.4 Å². The summed E-state index contributed by atoms with van der Waals surface area (Å²) in [5, 5.41) is 9.11. The summed E-state index contributed by atoms with van der Waals surface area (Å²) in [7, 11) is 0. The van der Waals surface area contributed by atoms with E-state index in [1.165, 1.54) is 18.2 Å². The van der Waals surface area contributed by atoms with Crippen LogP contribution in [0.15, 0.2) is 42.5 Å². The number of nitriles is 1. The summed E-state index contributed by atoms with van der Waals surface area (Å²) in [4.78, 5) is 16.7. The van der Waals surface area contributed by atoms with Gasteiger partial charge in [0.25, 0.3) is 0 Å². The van der Waals surface area contributed by atoms with Gasteiger partial charge < -0.3 is 14.5 Å². The SMILES string of the molecule is CCOC[C@]12CN(C(=O)Cc3cccc(F)c3)CC[C@H]1CN(c1ccc(C#N)c(C(F)(F)F)c1)C2. The summed E-state index contributed by atoms with van der Waals surface area (Å²) in [6.07, 6.45) is -3.85. The molecule has 0 unspecified atom stereocenters. The molecule has 186 valence electrons. The van der Waals surface area contributed by atoms with Crippen LogP contribution in [0.1, 0.15) is 30.0 Å². The topological polar surface area (TPSA) is 56.6 Å². The lowest BCUT2D eigenvalue weighted by molar-refractivity contribution is -0.138. The third-order valence-electron chi connectivity index (χ3n) is 7.05. The lowest BCUT2D eigenvalue weighted by atomic mass is 9.73. The summed E-state index contributed by atoms with van der Waals surface area (Å²) >= 11 is 0. The van der Waals surface area contributed by atoms with Crippen molar-refractivity contribution >= 4 is 11.6 Å². The molecular formula is C26H27F4N3O2. The number of nitrogens with zero attached hydrogens (tertiary/aromatic N) is 3. The van der Waals surface area contributed by atoms with Crippen molar-refractivity contribution in [3.05, 3.63) is 65.0 Å². The van der Waals surface area contributed by atoms with Crippen molar-refractivity contribution in [3.8, 4) is 6.07 Å². The van der Waals surface area contributed by atoms with E-state index in [-0.39, 0.29) is 18.2 Å². The van der Waals surface area contributed by atoms with E-state index in [0.29, 0.717) is 57.1 Å². The minimum atomic E-state index is -4.63. The van der Waals surface area contributed by atoms with E-state index < -0.39 is 28.5 Å². The fourth-order valence-electron chi connectivity index (χ4n) is 5.30. The van der Waals surface area contributed by atoms with Gasteiger partial charge in [0.15, 0.2) is 0 Å². The lowest BCUT2D eigenvalue weighted by Crippen LogP contribution is -2.53. The van der Waals surface area contributed by atoms with E-state index in [0.717, 1.165) is 6.07 Å². The Balaban J connectivity index is 1.56. The molecular weight excluding hydrogens is 462 g/mol. The standard InChI is InChI=1S/C26H27F4N3O2/c1-2-35-17-25-15-32(24(34)11-18-4-3-5-21(27)10-18)9-8-20(25)14-33(16-25)22-7-6-19(13-31)23(12-22)26(28,29)30/h3-7,10,12,20H,2,8-9,11,14-17H2,1H3/t20-,25+/m0/s1. The number of likely N-dealkylation sites (tertiary alicyclic amines) is 1. The molecule has 5 nitrogen and oxygen atoms in total. The van der Waals surface area contributed by atoms with Crippen LogP contribution in [0, 0.1) is 28.5 Å². The molecule has 2 aromatic carbocycles. The molecule has 2 aliphatic heterocycles. The fourth-order valence-corrected chi connectivity index (χ4v) is 5.30. The van der Waals surface area contributed by atoms with Crippen LogP contribution in [0.25, 0.3) is 0 Å². The molecule has 9 heteroatoms. The number of benzene rings is 2. The maximum Gasteiger partial charge on any atom is 0.417 e. The Kier molecular flexibility index (Phi) is 7.04. The molecule has 0 aliphatic carbocycles. The first-order chi connectivity index (χ1) is 16.6. The van der Waals surface area contributed by atoms with Crippen LogP contribution in [0.5, 0.6) is 0 Å². The number of hydrogen-bond acceptors (Lipinski definition) is 4. The first-order valence-electron chi connectivity index (χ1n) is 11.6. The Bertz CT molecular complexity index is 1130. The number of carbonyl (C=O) groups excluding carboxylic acids is 1. The Morgan fingerprint density at radius 1 is 1.23 bits per heavy atom. The van der Waals surface area contributed by atoms with Crippen molar-refractivity contribution in [2.75, 3.05) is 44.3 Å². The van der Waals surface area contributed by atoms with Gasteiger partial charge in [0.2, 0.25) is 5.91 Å². The van der Waals surface area contributed by atoms with Crippen LogP contribution in [-0.2, 0) is 22.1 Å². The van der Waals surface area contributed by atoms with Crippen molar-refractivity contribution in [1.29, 1.82) is 5.26 Å². The molecule has 0 spiro atoms. The number of carbonyl (C=O) groups is 1. The van der Waals surface area contributed by atoms with Gasteiger partial charge in [-0.15, -0.1) is 0 Å². The Labute approximate surface area is 201 Å². The molecule has 0 saturated carbocycles. The molecule has 0 N–H and O–H groups in total. The van der Waals surface area contributed by atoms with Crippen LogP contribution in [0.2, 0.25) is 0 Å². The highest BCUT2D eigenvalue weighted by Gasteiger charge is 2.51. The van der Waals surface area contributed by atoms with Gasteiger partial charge in [0, 0.05) is 43.9 Å². The van der Waals surface area contributed by atoms with E-state index in [1.807, 2.05) is 11.8 Å². The number of hydrogen-bond donors (Lipinski definition) is 0. The van der Waals surface area contributed by atoms with E-state index in [1.54, 1.807) is 29.2 Å². The first kappa shape index (κ1) is 25.0. The zero-order valence-corrected chi connectivity index (χ0v) is 19.4. The number of amides is 1. The second kappa shape index (κ2) is 9.86. The normalized spacial score (nSPS) is 22.1. The maximum absolute atomic E-state index is 13.6. The summed E-state index contributed by atoms with van der Waals surface area (Å²) in [5.41, 5.74) is -0.785. The molecule has 2 aliphatic rings. The number of anilines is 1. The lowest BCUT2D eigenvalue weighted by Gasteiger charge is -2.44. The third kappa shape index (κ3) is 5.27. The molecule has 4 rings (SSSR count). The van der Waals surface area contributed by atoms with E-state index >= 15 is 0 Å². The number of rotatable bonds is 6. The van der Waals surface area contributed by atoms with Crippen LogP contribution < -0.4 is 4.90 Å². The van der Waals surface area contributed by atoms with Crippen molar-refractivity contribution in [3.63, 3.8) is 0 Å². The molecule has 35 heavy (non-hydrogen) atoms. The third-order valence-corrected chi connectivity index (χ3v) is 7.05. The van der Waals surface area contributed by atoms with E-state index in [2.05, 4.69) is 0 Å². The largest absolute Gasteiger partial charge is 0.417 e. The van der Waals surface area contributed by atoms with Gasteiger partial charge in [-0.25, -0.2) is 4.39 Å². The molecule has 0 bridgehead atoms. The van der Waals surface area contributed by atoms with Crippen molar-refractivity contribution in [2.45, 2.75) is 25.9 Å². The first-order valence-corrected chi connectivity index (χ1v) is 11.6. The average Bonchev–Trinajstić information content (AvgIpc) is 3.21. The second-order valence-electron chi connectivity index (χ2n) is 9.33. The van der Waals surface area contributed by atoms with Crippen molar-refractivity contribution in [1.82, 2.24) is 4.90 Å². The van der Waals surface area contributed by atoms with Gasteiger partial charge in [-0.05, 0) is 55.2 Å². The Morgan fingerprint density at radius 2 is 2.03 bits per heavy atom. The molecule has 2 heterocycles. The highest BCUT2D eigenvalue weighted by molar-refractivity contribution is 5.79. The summed E-state index contributed by atoms with van der Waals surface area (Å²) in [6, 6.07) is 11.4. The summed E-state index contributed by atoms with van der Waals surface area (Å²) in [6.45, 7) is 4.68. The molecule has 2 fully saturated rings. The van der Waals surface area contributed by atoms with Crippen LogP contribution >= 0.6 is 0 Å². The number of alkyl halides is 3. The van der Waals surface area contributed by atoms with E-state index in [9.17, 15) is 22.4 Å². The molecule has 0 radical (unpaired) electrons. The van der Waals surface area contributed by atoms with Gasteiger partial charge in [0.05, 0.1) is 30.2 Å². The van der Waals surface area contributed by atoms with E-state index in [4.69, 9.17) is 10.00 Å². The highest BCUT2D eigenvalue weighted by Crippen LogP contribution is 2.45.